The van der Waals surface area contributed by atoms with Gasteiger partial charge >= 0.3 is 0 Å². The van der Waals surface area contributed by atoms with Gasteiger partial charge in [0.05, 0.1) is 5.41 Å². The van der Waals surface area contributed by atoms with Crippen molar-refractivity contribution in [3.05, 3.63) is 30.1 Å². The summed E-state index contributed by atoms with van der Waals surface area (Å²) in [6.45, 7) is 3.67. The van der Waals surface area contributed by atoms with E-state index in [0.29, 0.717) is 18.5 Å². The summed E-state index contributed by atoms with van der Waals surface area (Å²) in [6, 6.07) is 4.68. The van der Waals surface area contributed by atoms with Crippen molar-refractivity contribution in [2.75, 3.05) is 42.6 Å². The highest BCUT2D eigenvalue weighted by atomic mass is 32.2. The minimum Gasteiger partial charge on any atom is -0.338 e. The van der Waals surface area contributed by atoms with Gasteiger partial charge < -0.3 is 4.90 Å². The minimum absolute atomic E-state index is 0.123. The average Bonchev–Trinajstić information content (AvgIpc) is 2.88. The molecule has 1 aromatic heterocycles. The third kappa shape index (κ3) is 3.86. The van der Waals surface area contributed by atoms with Crippen LogP contribution in [0, 0.1) is 5.41 Å². The Morgan fingerprint density at radius 1 is 1.20 bits per heavy atom. The zero-order chi connectivity index (χ0) is 17.1. The molecule has 0 N–H and O–H groups in total. The number of carbonyl (C=O) groups excluding carboxylic acids is 1. The van der Waals surface area contributed by atoms with Gasteiger partial charge in [0.25, 0.3) is 0 Å². The van der Waals surface area contributed by atoms with Gasteiger partial charge in [0.2, 0.25) is 5.91 Å². The van der Waals surface area contributed by atoms with Crippen molar-refractivity contribution >= 4 is 29.4 Å². The molecule has 3 aliphatic rings. The molecular formula is C19H27N3OS2. The Balaban J connectivity index is 1.43. The molecule has 0 saturated carbocycles. The van der Waals surface area contributed by atoms with Crippen LogP contribution in [-0.4, -0.2) is 69.4 Å². The summed E-state index contributed by atoms with van der Waals surface area (Å²) < 4.78 is 0. The van der Waals surface area contributed by atoms with E-state index in [2.05, 4.69) is 44.4 Å². The van der Waals surface area contributed by atoms with Crippen LogP contribution < -0.4 is 0 Å². The summed E-state index contributed by atoms with van der Waals surface area (Å²) in [5.74, 6) is 5.41. The van der Waals surface area contributed by atoms with Crippen LogP contribution in [-0.2, 0) is 11.3 Å². The molecule has 4 heterocycles. The first-order chi connectivity index (χ1) is 12.3. The van der Waals surface area contributed by atoms with Gasteiger partial charge in [-0.25, -0.2) is 0 Å². The van der Waals surface area contributed by atoms with Gasteiger partial charge in [0, 0.05) is 61.1 Å². The van der Waals surface area contributed by atoms with Crippen LogP contribution in [0.15, 0.2) is 24.5 Å². The molecule has 0 aromatic carbocycles. The molecule has 1 aromatic rings. The SMILES string of the molecule is O=C1N(Cc2cccnc2)CCCC12CCN(C1CSCCSC1)C2. The molecule has 25 heavy (non-hydrogen) atoms. The Morgan fingerprint density at radius 2 is 2.04 bits per heavy atom. The molecule has 1 spiro atoms. The smallest absolute Gasteiger partial charge is 0.230 e. The van der Waals surface area contributed by atoms with Gasteiger partial charge in [-0.1, -0.05) is 6.07 Å². The van der Waals surface area contributed by atoms with E-state index in [0.717, 1.165) is 44.5 Å². The maximum absolute atomic E-state index is 13.3. The highest BCUT2D eigenvalue weighted by molar-refractivity contribution is 8.03. The van der Waals surface area contributed by atoms with Crippen molar-refractivity contribution in [3.63, 3.8) is 0 Å². The Bertz CT molecular complexity index is 592. The second-order valence-corrected chi connectivity index (χ2v) is 9.80. The topological polar surface area (TPSA) is 36.4 Å². The molecule has 4 rings (SSSR count). The van der Waals surface area contributed by atoms with Crippen molar-refractivity contribution in [3.8, 4) is 0 Å². The lowest BCUT2D eigenvalue weighted by atomic mass is 9.78. The van der Waals surface area contributed by atoms with E-state index >= 15 is 0 Å². The molecular weight excluding hydrogens is 350 g/mol. The highest BCUT2D eigenvalue weighted by Crippen LogP contribution is 2.41. The zero-order valence-corrected chi connectivity index (χ0v) is 16.4. The fourth-order valence-corrected chi connectivity index (χ4v) is 7.05. The van der Waals surface area contributed by atoms with E-state index in [1.54, 1.807) is 6.20 Å². The Morgan fingerprint density at radius 3 is 2.80 bits per heavy atom. The lowest BCUT2D eigenvalue weighted by Gasteiger charge is -2.40. The number of amides is 1. The van der Waals surface area contributed by atoms with Gasteiger partial charge in [-0.2, -0.15) is 23.5 Å². The van der Waals surface area contributed by atoms with Crippen molar-refractivity contribution in [2.45, 2.75) is 31.8 Å². The average molecular weight is 378 g/mol. The maximum Gasteiger partial charge on any atom is 0.230 e. The van der Waals surface area contributed by atoms with Crippen LogP contribution >= 0.6 is 23.5 Å². The molecule has 3 aliphatic heterocycles. The summed E-state index contributed by atoms with van der Waals surface area (Å²) in [7, 11) is 0. The summed E-state index contributed by atoms with van der Waals surface area (Å²) in [5, 5.41) is 0. The lowest BCUT2D eigenvalue weighted by molar-refractivity contribution is -0.146. The first-order valence-electron chi connectivity index (χ1n) is 9.35. The molecule has 136 valence electrons. The molecule has 0 radical (unpaired) electrons. The van der Waals surface area contributed by atoms with Gasteiger partial charge in [0.1, 0.15) is 0 Å². The van der Waals surface area contributed by atoms with Gasteiger partial charge in [-0.05, 0) is 37.4 Å². The van der Waals surface area contributed by atoms with Crippen molar-refractivity contribution in [2.24, 2.45) is 5.41 Å². The van der Waals surface area contributed by atoms with E-state index in [9.17, 15) is 4.79 Å². The fourth-order valence-electron chi connectivity index (χ4n) is 4.43. The van der Waals surface area contributed by atoms with Crippen LogP contribution in [0.5, 0.6) is 0 Å². The molecule has 3 saturated heterocycles. The van der Waals surface area contributed by atoms with Crippen molar-refractivity contribution < 1.29 is 4.79 Å². The molecule has 4 nitrogen and oxygen atoms in total. The number of piperidine rings is 1. The second-order valence-electron chi connectivity index (χ2n) is 7.50. The standard InChI is InChI=1S/C19H27N3OS2/c23-18-19(4-2-7-21(18)12-16-3-1-6-20-11-16)5-8-22(15-19)17-13-24-9-10-25-14-17/h1,3,6,11,17H,2,4-5,7-10,12-15H2. The van der Waals surface area contributed by atoms with Gasteiger partial charge in [0.15, 0.2) is 0 Å². The largest absolute Gasteiger partial charge is 0.338 e. The molecule has 1 amide bonds. The third-order valence-corrected chi connectivity index (χ3v) is 8.30. The molecule has 3 fully saturated rings. The van der Waals surface area contributed by atoms with Crippen LogP contribution in [0.3, 0.4) is 0 Å². The molecule has 1 unspecified atom stereocenters. The number of pyridine rings is 1. The first-order valence-corrected chi connectivity index (χ1v) is 11.7. The molecule has 6 heteroatoms. The van der Waals surface area contributed by atoms with Crippen LogP contribution in [0.1, 0.15) is 24.8 Å². The predicted molar refractivity (Wildman–Crippen MR) is 106 cm³/mol. The fraction of sp³-hybridized carbons (Fsp3) is 0.684. The number of hydrogen-bond donors (Lipinski definition) is 0. The number of likely N-dealkylation sites (tertiary alicyclic amines) is 2. The van der Waals surface area contributed by atoms with Gasteiger partial charge in [-0.15, -0.1) is 0 Å². The Hall–Kier alpha value is -0.720. The Kier molecular flexibility index (Phi) is 5.58. The summed E-state index contributed by atoms with van der Waals surface area (Å²) in [6.07, 6.45) is 6.92. The maximum atomic E-state index is 13.3. The number of carbonyl (C=O) groups is 1. The number of hydrogen-bond acceptors (Lipinski definition) is 5. The molecule has 1 atom stereocenters. The van der Waals surface area contributed by atoms with E-state index in [1.165, 1.54) is 23.0 Å². The van der Waals surface area contributed by atoms with Crippen LogP contribution in [0.25, 0.3) is 0 Å². The lowest BCUT2D eigenvalue weighted by Crippen LogP contribution is -2.50. The number of rotatable bonds is 3. The zero-order valence-electron chi connectivity index (χ0n) is 14.7. The quantitative estimate of drug-likeness (QED) is 0.810. The normalized spacial score (nSPS) is 29.3. The number of thioether (sulfide) groups is 2. The van der Waals surface area contributed by atoms with Crippen LogP contribution in [0.2, 0.25) is 0 Å². The number of aromatic nitrogens is 1. The van der Waals surface area contributed by atoms with E-state index in [4.69, 9.17) is 0 Å². The second kappa shape index (κ2) is 7.89. The summed E-state index contributed by atoms with van der Waals surface area (Å²) in [5.41, 5.74) is 1.02. The summed E-state index contributed by atoms with van der Waals surface area (Å²) in [4.78, 5) is 22.2. The predicted octanol–water partition coefficient (Wildman–Crippen LogP) is 2.74. The monoisotopic (exact) mass is 377 g/mol. The van der Waals surface area contributed by atoms with Gasteiger partial charge in [-0.3, -0.25) is 14.7 Å². The van der Waals surface area contributed by atoms with Crippen molar-refractivity contribution in [1.29, 1.82) is 0 Å². The van der Waals surface area contributed by atoms with E-state index in [-0.39, 0.29) is 5.41 Å². The third-order valence-electron chi connectivity index (χ3n) is 5.81. The first kappa shape index (κ1) is 17.7. The van der Waals surface area contributed by atoms with Crippen LogP contribution in [0.4, 0.5) is 0 Å². The number of nitrogens with zero attached hydrogens (tertiary/aromatic N) is 3. The Labute approximate surface area is 159 Å². The molecule has 0 bridgehead atoms. The highest BCUT2D eigenvalue weighted by Gasteiger charge is 2.49. The summed E-state index contributed by atoms with van der Waals surface area (Å²) >= 11 is 4.17. The minimum atomic E-state index is -0.123. The molecule has 0 aliphatic carbocycles. The van der Waals surface area contributed by atoms with E-state index in [1.807, 2.05) is 12.3 Å². The van der Waals surface area contributed by atoms with E-state index < -0.39 is 0 Å². The van der Waals surface area contributed by atoms with Crippen molar-refractivity contribution in [1.82, 2.24) is 14.8 Å².